The largest absolute Gasteiger partial charge is 0.445 e. The van der Waals surface area contributed by atoms with Gasteiger partial charge in [-0.1, -0.05) is 42.1 Å². The van der Waals surface area contributed by atoms with Gasteiger partial charge < -0.3 is 20.1 Å². The van der Waals surface area contributed by atoms with Crippen molar-refractivity contribution in [2.24, 2.45) is 0 Å². The van der Waals surface area contributed by atoms with Gasteiger partial charge in [-0.15, -0.1) is 0 Å². The highest BCUT2D eigenvalue weighted by atomic mass is 32.2. The summed E-state index contributed by atoms with van der Waals surface area (Å²) in [4.78, 5) is 34.9. The quantitative estimate of drug-likeness (QED) is 0.753. The number of carbonyl (C=O) groups excluding carboxylic acids is 3. The van der Waals surface area contributed by atoms with Crippen molar-refractivity contribution in [1.82, 2.24) is 10.6 Å². The molecule has 2 N–H and O–H groups in total. The van der Waals surface area contributed by atoms with Crippen LogP contribution >= 0.6 is 11.8 Å². The minimum atomic E-state index is -0.635. The second kappa shape index (κ2) is 10.7. The zero-order valence-electron chi connectivity index (χ0n) is 15.5. The van der Waals surface area contributed by atoms with E-state index in [9.17, 15) is 14.4 Å². The first-order chi connectivity index (χ1) is 12.2. The highest BCUT2D eigenvalue weighted by Gasteiger charge is 2.20. The molecular formula is C18H26N2O5S. The van der Waals surface area contributed by atoms with Crippen LogP contribution in [-0.4, -0.2) is 41.2 Å². The summed E-state index contributed by atoms with van der Waals surface area (Å²) in [6, 6.07) is 8.83. The van der Waals surface area contributed by atoms with Crippen molar-refractivity contribution in [3.8, 4) is 0 Å². The lowest BCUT2D eigenvalue weighted by Crippen LogP contribution is -2.47. The molecule has 0 heterocycles. The number of nitrogens with one attached hydrogen (secondary N) is 2. The molecule has 0 aliphatic carbocycles. The highest BCUT2D eigenvalue weighted by Crippen LogP contribution is 2.09. The molecule has 0 aromatic heterocycles. The molecule has 2 amide bonds. The van der Waals surface area contributed by atoms with Gasteiger partial charge in [-0.2, -0.15) is 0 Å². The van der Waals surface area contributed by atoms with Crippen molar-refractivity contribution in [2.45, 2.75) is 45.9 Å². The van der Waals surface area contributed by atoms with Gasteiger partial charge in [0.1, 0.15) is 12.2 Å². The summed E-state index contributed by atoms with van der Waals surface area (Å²) < 4.78 is 10.3. The van der Waals surface area contributed by atoms with E-state index in [0.29, 0.717) is 5.75 Å². The van der Waals surface area contributed by atoms with E-state index in [-0.39, 0.29) is 18.3 Å². The molecule has 0 aliphatic rings. The number of hydrogen-bond donors (Lipinski definition) is 2. The molecule has 0 saturated carbocycles. The van der Waals surface area contributed by atoms with Crippen LogP contribution in [-0.2, 0) is 20.9 Å². The summed E-state index contributed by atoms with van der Waals surface area (Å²) in [6.07, 6.45) is -1.20. The average Bonchev–Trinajstić information content (AvgIpc) is 2.54. The summed E-state index contributed by atoms with van der Waals surface area (Å²) in [7, 11) is 0. The molecule has 8 heteroatoms. The molecule has 26 heavy (non-hydrogen) atoms. The minimum Gasteiger partial charge on any atom is -0.445 e. The zero-order chi connectivity index (χ0) is 19.6. The number of benzene rings is 1. The molecule has 0 fully saturated rings. The number of ether oxygens (including phenoxy) is 2. The maximum atomic E-state index is 11.9. The molecule has 1 aromatic rings. The van der Waals surface area contributed by atoms with Crippen LogP contribution in [0.2, 0.25) is 0 Å². The Labute approximate surface area is 158 Å². The van der Waals surface area contributed by atoms with Gasteiger partial charge in [-0.05, 0) is 26.3 Å². The van der Waals surface area contributed by atoms with Gasteiger partial charge >= 0.3 is 12.2 Å². The third-order valence-electron chi connectivity index (χ3n) is 2.91. The Bertz CT molecular complexity index is 601. The van der Waals surface area contributed by atoms with Crippen molar-refractivity contribution >= 4 is 29.1 Å². The molecule has 0 radical (unpaired) electrons. The maximum Gasteiger partial charge on any atom is 0.407 e. The second-order valence-electron chi connectivity index (χ2n) is 6.59. The molecule has 1 atom stereocenters. The average molecular weight is 382 g/mol. The van der Waals surface area contributed by atoms with Gasteiger partial charge in [-0.3, -0.25) is 4.79 Å². The summed E-state index contributed by atoms with van der Waals surface area (Å²) in [6.45, 7) is 6.98. The summed E-state index contributed by atoms with van der Waals surface area (Å²) in [5.74, 6) is 0.313. The van der Waals surface area contributed by atoms with E-state index in [4.69, 9.17) is 9.47 Å². The predicted octanol–water partition coefficient (Wildman–Crippen LogP) is 3.09. The molecule has 0 bridgehead atoms. The Morgan fingerprint density at radius 3 is 2.35 bits per heavy atom. The van der Waals surface area contributed by atoms with Gasteiger partial charge in [0.25, 0.3) is 0 Å². The van der Waals surface area contributed by atoms with E-state index in [0.717, 1.165) is 17.3 Å². The molecule has 0 spiro atoms. The molecule has 0 saturated heterocycles. The number of carbonyl (C=O) groups is 3. The van der Waals surface area contributed by atoms with Crippen molar-refractivity contribution < 1.29 is 23.9 Å². The first-order valence-electron chi connectivity index (χ1n) is 8.23. The highest BCUT2D eigenvalue weighted by molar-refractivity contribution is 8.13. The molecule has 0 aliphatic heterocycles. The van der Waals surface area contributed by atoms with Crippen LogP contribution in [0.3, 0.4) is 0 Å². The van der Waals surface area contributed by atoms with E-state index in [1.807, 2.05) is 30.3 Å². The van der Waals surface area contributed by atoms with Crippen LogP contribution in [0.1, 0.15) is 33.3 Å². The van der Waals surface area contributed by atoms with E-state index in [2.05, 4.69) is 10.6 Å². The molecule has 1 aromatic carbocycles. The van der Waals surface area contributed by atoms with Gasteiger partial charge in [0.05, 0.1) is 6.04 Å². The van der Waals surface area contributed by atoms with Crippen molar-refractivity contribution in [2.75, 3.05) is 12.3 Å². The lowest BCUT2D eigenvalue weighted by molar-refractivity contribution is -0.109. The third kappa shape index (κ3) is 10.6. The Morgan fingerprint density at radius 1 is 1.12 bits per heavy atom. The molecule has 1 unspecified atom stereocenters. The standard InChI is InChI=1S/C18H26N2O5S/c1-13(21)26-12-15(20-17(23)25-18(2,3)4)10-19-16(22)24-11-14-8-6-5-7-9-14/h5-9,15H,10-12H2,1-4H3,(H,19,22)(H,20,23). The van der Waals surface area contributed by atoms with Crippen LogP contribution in [0.25, 0.3) is 0 Å². The van der Waals surface area contributed by atoms with Crippen molar-refractivity contribution in [1.29, 1.82) is 0 Å². The van der Waals surface area contributed by atoms with Crippen LogP contribution in [0.5, 0.6) is 0 Å². The van der Waals surface area contributed by atoms with Crippen molar-refractivity contribution in [3.05, 3.63) is 35.9 Å². The normalized spacial score (nSPS) is 12.0. The van der Waals surface area contributed by atoms with E-state index < -0.39 is 23.8 Å². The first-order valence-corrected chi connectivity index (χ1v) is 9.21. The number of thioether (sulfide) groups is 1. The van der Waals surface area contributed by atoms with Gasteiger partial charge in [0.15, 0.2) is 5.12 Å². The lowest BCUT2D eigenvalue weighted by Gasteiger charge is -2.23. The van der Waals surface area contributed by atoms with Crippen LogP contribution < -0.4 is 10.6 Å². The molecular weight excluding hydrogens is 356 g/mol. The van der Waals surface area contributed by atoms with Gasteiger partial charge in [0.2, 0.25) is 0 Å². The molecule has 7 nitrogen and oxygen atoms in total. The monoisotopic (exact) mass is 382 g/mol. The number of rotatable bonds is 7. The smallest absolute Gasteiger partial charge is 0.407 e. The number of hydrogen-bond acceptors (Lipinski definition) is 6. The third-order valence-corrected chi connectivity index (χ3v) is 3.89. The zero-order valence-corrected chi connectivity index (χ0v) is 16.4. The second-order valence-corrected chi connectivity index (χ2v) is 7.79. The van der Waals surface area contributed by atoms with Crippen LogP contribution in [0.4, 0.5) is 9.59 Å². The van der Waals surface area contributed by atoms with Gasteiger partial charge in [-0.25, -0.2) is 9.59 Å². The summed E-state index contributed by atoms with van der Waals surface area (Å²) in [5.41, 5.74) is 0.239. The summed E-state index contributed by atoms with van der Waals surface area (Å²) in [5, 5.41) is 5.17. The van der Waals surface area contributed by atoms with Crippen molar-refractivity contribution in [3.63, 3.8) is 0 Å². The number of alkyl carbamates (subject to hydrolysis) is 2. The molecule has 144 valence electrons. The topological polar surface area (TPSA) is 93.7 Å². The minimum absolute atomic E-state index is 0.0763. The van der Waals surface area contributed by atoms with E-state index in [1.165, 1.54) is 6.92 Å². The van der Waals surface area contributed by atoms with Crippen LogP contribution in [0.15, 0.2) is 30.3 Å². The Morgan fingerprint density at radius 2 is 1.77 bits per heavy atom. The fourth-order valence-electron chi connectivity index (χ4n) is 1.82. The van der Waals surface area contributed by atoms with E-state index in [1.54, 1.807) is 20.8 Å². The fraction of sp³-hybridized carbons (Fsp3) is 0.500. The Hall–Kier alpha value is -2.22. The van der Waals surface area contributed by atoms with Crippen LogP contribution in [0, 0.1) is 0 Å². The first kappa shape index (κ1) is 21.8. The fourth-order valence-corrected chi connectivity index (χ4v) is 2.46. The van der Waals surface area contributed by atoms with E-state index >= 15 is 0 Å². The predicted molar refractivity (Wildman–Crippen MR) is 101 cm³/mol. The number of amides is 2. The SMILES string of the molecule is CC(=O)SCC(CNC(=O)OCc1ccccc1)NC(=O)OC(C)(C)C. The Kier molecular flexibility index (Phi) is 8.98. The lowest BCUT2D eigenvalue weighted by atomic mass is 10.2. The maximum absolute atomic E-state index is 11.9. The molecule has 1 rings (SSSR count). The summed E-state index contributed by atoms with van der Waals surface area (Å²) >= 11 is 1.06. The van der Waals surface area contributed by atoms with Gasteiger partial charge in [0, 0.05) is 19.2 Å². The Balaban J connectivity index is 2.46.